The fourth-order valence-corrected chi connectivity index (χ4v) is 2.64. The zero-order valence-electron chi connectivity index (χ0n) is 12.5. The minimum absolute atomic E-state index is 0.166. The van der Waals surface area contributed by atoms with Crippen LogP contribution in [0.25, 0.3) is 0 Å². The van der Waals surface area contributed by atoms with Gasteiger partial charge >= 0.3 is 0 Å². The third-order valence-corrected chi connectivity index (χ3v) is 3.72. The van der Waals surface area contributed by atoms with Crippen LogP contribution in [0.5, 0.6) is 0 Å². The predicted octanol–water partition coefficient (Wildman–Crippen LogP) is 2.94. The van der Waals surface area contributed by atoms with Crippen LogP contribution >= 0.6 is 0 Å². The monoisotopic (exact) mass is 280 g/mol. The molecular formula is C16H25FN2O. The van der Waals surface area contributed by atoms with Gasteiger partial charge in [0.05, 0.1) is 6.10 Å². The van der Waals surface area contributed by atoms with Crippen LogP contribution in [-0.2, 0) is 11.3 Å². The van der Waals surface area contributed by atoms with E-state index in [2.05, 4.69) is 30.1 Å². The van der Waals surface area contributed by atoms with E-state index in [4.69, 9.17) is 4.74 Å². The molecule has 1 unspecified atom stereocenters. The van der Waals surface area contributed by atoms with Gasteiger partial charge < -0.3 is 15.0 Å². The number of likely N-dealkylation sites (N-methyl/N-ethyl adjacent to an activating group) is 1. The molecule has 1 fully saturated rings. The van der Waals surface area contributed by atoms with E-state index in [1.54, 1.807) is 12.1 Å². The first-order valence-corrected chi connectivity index (χ1v) is 7.59. The van der Waals surface area contributed by atoms with Crippen molar-refractivity contribution in [3.8, 4) is 0 Å². The lowest BCUT2D eigenvalue weighted by atomic mass is 10.1. The van der Waals surface area contributed by atoms with Crippen LogP contribution in [0, 0.1) is 5.82 Å². The second-order valence-electron chi connectivity index (χ2n) is 5.27. The van der Waals surface area contributed by atoms with E-state index >= 15 is 0 Å². The lowest BCUT2D eigenvalue weighted by Crippen LogP contribution is -2.32. The maximum Gasteiger partial charge on any atom is 0.125 e. The molecule has 2 rings (SSSR count). The Morgan fingerprint density at radius 2 is 2.20 bits per heavy atom. The topological polar surface area (TPSA) is 24.5 Å². The van der Waals surface area contributed by atoms with Crippen molar-refractivity contribution in [2.45, 2.75) is 39.3 Å². The van der Waals surface area contributed by atoms with E-state index in [-0.39, 0.29) is 11.9 Å². The van der Waals surface area contributed by atoms with Gasteiger partial charge in [0, 0.05) is 31.9 Å². The van der Waals surface area contributed by atoms with E-state index in [1.165, 1.54) is 0 Å². The van der Waals surface area contributed by atoms with Crippen LogP contribution in [0.2, 0.25) is 0 Å². The molecule has 20 heavy (non-hydrogen) atoms. The Morgan fingerprint density at radius 3 is 2.85 bits per heavy atom. The van der Waals surface area contributed by atoms with Crippen LogP contribution < -0.4 is 10.2 Å². The quantitative estimate of drug-likeness (QED) is 0.831. The van der Waals surface area contributed by atoms with Crippen molar-refractivity contribution in [2.75, 3.05) is 31.1 Å². The van der Waals surface area contributed by atoms with Crippen molar-refractivity contribution in [2.24, 2.45) is 0 Å². The second kappa shape index (κ2) is 7.60. The average Bonchev–Trinajstić information content (AvgIpc) is 2.95. The SMILES string of the molecule is CCNCc1cc(F)cc(N(CC)CC2CCCO2)c1. The number of hydrogen-bond acceptors (Lipinski definition) is 3. The van der Waals surface area contributed by atoms with Gasteiger partial charge in [-0.05, 0) is 50.1 Å². The molecule has 0 saturated carbocycles. The summed E-state index contributed by atoms with van der Waals surface area (Å²) in [5.74, 6) is -0.166. The summed E-state index contributed by atoms with van der Waals surface area (Å²) < 4.78 is 19.5. The van der Waals surface area contributed by atoms with Gasteiger partial charge in [-0.15, -0.1) is 0 Å². The van der Waals surface area contributed by atoms with E-state index in [9.17, 15) is 4.39 Å². The molecule has 4 heteroatoms. The number of benzene rings is 1. The minimum Gasteiger partial charge on any atom is -0.376 e. The Balaban J connectivity index is 2.08. The van der Waals surface area contributed by atoms with Gasteiger partial charge in [0.2, 0.25) is 0 Å². The molecule has 112 valence electrons. The van der Waals surface area contributed by atoms with Gasteiger partial charge in [-0.3, -0.25) is 0 Å². The van der Waals surface area contributed by atoms with Crippen molar-refractivity contribution < 1.29 is 9.13 Å². The minimum atomic E-state index is -0.166. The number of anilines is 1. The highest BCUT2D eigenvalue weighted by Crippen LogP contribution is 2.21. The molecule has 1 heterocycles. The van der Waals surface area contributed by atoms with Gasteiger partial charge in [-0.2, -0.15) is 0 Å². The third kappa shape index (κ3) is 4.18. The highest BCUT2D eigenvalue weighted by atomic mass is 19.1. The molecular weight excluding hydrogens is 255 g/mol. The Labute approximate surface area is 121 Å². The first-order chi connectivity index (χ1) is 9.72. The number of nitrogens with one attached hydrogen (secondary N) is 1. The molecule has 1 aromatic carbocycles. The van der Waals surface area contributed by atoms with E-state index in [0.29, 0.717) is 6.54 Å². The summed E-state index contributed by atoms with van der Waals surface area (Å²) in [5, 5.41) is 3.24. The molecule has 0 bridgehead atoms. The summed E-state index contributed by atoms with van der Waals surface area (Å²) in [7, 11) is 0. The standard InChI is InChI=1S/C16H25FN2O/c1-3-18-11-13-8-14(17)10-15(9-13)19(4-2)12-16-6-5-7-20-16/h8-10,16,18H,3-7,11-12H2,1-2H3. The van der Waals surface area contributed by atoms with Crippen LogP contribution in [-0.4, -0.2) is 32.3 Å². The van der Waals surface area contributed by atoms with Crippen LogP contribution in [0.3, 0.4) is 0 Å². The highest BCUT2D eigenvalue weighted by molar-refractivity contribution is 5.49. The summed E-state index contributed by atoms with van der Waals surface area (Å²) in [6.45, 7) is 8.32. The molecule has 0 spiro atoms. The first kappa shape index (κ1) is 15.3. The molecule has 1 N–H and O–H groups in total. The summed E-state index contributed by atoms with van der Waals surface area (Å²) in [4.78, 5) is 2.20. The summed E-state index contributed by atoms with van der Waals surface area (Å²) >= 11 is 0. The molecule has 3 nitrogen and oxygen atoms in total. The first-order valence-electron chi connectivity index (χ1n) is 7.59. The van der Waals surface area contributed by atoms with E-state index < -0.39 is 0 Å². The maximum absolute atomic E-state index is 13.8. The molecule has 1 saturated heterocycles. The van der Waals surface area contributed by atoms with Gasteiger partial charge in [-0.25, -0.2) is 4.39 Å². The van der Waals surface area contributed by atoms with Gasteiger partial charge in [0.1, 0.15) is 5.82 Å². The maximum atomic E-state index is 13.8. The van der Waals surface area contributed by atoms with Crippen molar-refractivity contribution in [3.05, 3.63) is 29.6 Å². The largest absolute Gasteiger partial charge is 0.376 e. The molecule has 1 aliphatic heterocycles. The predicted molar refractivity (Wildman–Crippen MR) is 80.6 cm³/mol. The van der Waals surface area contributed by atoms with Crippen LogP contribution in [0.1, 0.15) is 32.3 Å². The van der Waals surface area contributed by atoms with Crippen molar-refractivity contribution in [1.82, 2.24) is 5.32 Å². The molecule has 0 aromatic heterocycles. The number of rotatable bonds is 7. The van der Waals surface area contributed by atoms with Crippen molar-refractivity contribution in [3.63, 3.8) is 0 Å². The summed E-state index contributed by atoms with van der Waals surface area (Å²) in [5.41, 5.74) is 1.95. The van der Waals surface area contributed by atoms with E-state index in [1.807, 2.05) is 0 Å². The van der Waals surface area contributed by atoms with Gasteiger partial charge in [0.25, 0.3) is 0 Å². The lowest BCUT2D eigenvalue weighted by molar-refractivity contribution is 0.115. The summed E-state index contributed by atoms with van der Waals surface area (Å²) in [6, 6.07) is 5.30. The lowest BCUT2D eigenvalue weighted by Gasteiger charge is -2.26. The van der Waals surface area contributed by atoms with Crippen LogP contribution in [0.15, 0.2) is 18.2 Å². The molecule has 1 aliphatic rings. The fourth-order valence-electron chi connectivity index (χ4n) is 2.64. The van der Waals surface area contributed by atoms with Gasteiger partial charge in [-0.1, -0.05) is 6.92 Å². The van der Waals surface area contributed by atoms with E-state index in [0.717, 1.165) is 50.3 Å². The van der Waals surface area contributed by atoms with Crippen LogP contribution in [0.4, 0.5) is 10.1 Å². The number of hydrogen-bond donors (Lipinski definition) is 1. The molecule has 0 radical (unpaired) electrons. The fraction of sp³-hybridized carbons (Fsp3) is 0.625. The second-order valence-corrected chi connectivity index (χ2v) is 5.27. The Morgan fingerprint density at radius 1 is 1.35 bits per heavy atom. The Kier molecular flexibility index (Phi) is 5.80. The van der Waals surface area contributed by atoms with Gasteiger partial charge in [0.15, 0.2) is 0 Å². The zero-order valence-corrected chi connectivity index (χ0v) is 12.5. The average molecular weight is 280 g/mol. The summed E-state index contributed by atoms with van der Waals surface area (Å²) in [6.07, 6.45) is 2.53. The number of halogens is 1. The third-order valence-electron chi connectivity index (χ3n) is 3.72. The highest BCUT2D eigenvalue weighted by Gasteiger charge is 2.19. The smallest absolute Gasteiger partial charge is 0.125 e. The Bertz CT molecular complexity index is 419. The molecule has 0 amide bonds. The molecule has 1 aromatic rings. The Hall–Kier alpha value is -1.13. The molecule has 0 aliphatic carbocycles. The van der Waals surface area contributed by atoms with Crippen molar-refractivity contribution in [1.29, 1.82) is 0 Å². The molecule has 1 atom stereocenters. The normalized spacial score (nSPS) is 18.4. The zero-order chi connectivity index (χ0) is 14.4. The number of nitrogens with zero attached hydrogens (tertiary/aromatic N) is 1. The van der Waals surface area contributed by atoms with Crippen molar-refractivity contribution >= 4 is 5.69 Å². The number of ether oxygens (including phenoxy) is 1.